The fourth-order valence-corrected chi connectivity index (χ4v) is 4.03. The van der Waals surface area contributed by atoms with Crippen LogP contribution in [-0.2, 0) is 0 Å². The van der Waals surface area contributed by atoms with Gasteiger partial charge < -0.3 is 10.2 Å². The highest BCUT2D eigenvalue weighted by molar-refractivity contribution is 5.95. The minimum absolute atomic E-state index is 0.0891. The van der Waals surface area contributed by atoms with Gasteiger partial charge in [-0.2, -0.15) is 9.50 Å². The first-order valence-corrected chi connectivity index (χ1v) is 11.0. The van der Waals surface area contributed by atoms with E-state index in [-0.39, 0.29) is 5.91 Å². The average Bonchev–Trinajstić information content (AvgIpc) is 3.06. The molecule has 0 atom stereocenters. The van der Waals surface area contributed by atoms with E-state index in [0.29, 0.717) is 17.2 Å². The van der Waals surface area contributed by atoms with Crippen molar-refractivity contribution in [3.63, 3.8) is 0 Å². The van der Waals surface area contributed by atoms with Gasteiger partial charge in [-0.25, -0.2) is 4.98 Å². The van der Waals surface area contributed by atoms with Gasteiger partial charge in [0.2, 0.25) is 0 Å². The molecule has 0 unspecified atom stereocenters. The van der Waals surface area contributed by atoms with Gasteiger partial charge in [-0.15, -0.1) is 5.10 Å². The van der Waals surface area contributed by atoms with E-state index in [1.807, 2.05) is 54.3 Å². The summed E-state index contributed by atoms with van der Waals surface area (Å²) in [6.45, 7) is 3.58. The molecule has 8 heteroatoms. The Hall–Kier alpha value is -3.81. The topological polar surface area (TPSA) is 88.3 Å². The highest BCUT2D eigenvalue weighted by atomic mass is 16.2. The van der Waals surface area contributed by atoms with Crippen LogP contribution in [0.4, 0.5) is 11.5 Å². The molecule has 1 aromatic carbocycles. The maximum Gasteiger partial charge on any atom is 0.254 e. The number of hydrogen-bond donors (Lipinski definition) is 1. The molecule has 1 amide bonds. The van der Waals surface area contributed by atoms with E-state index in [9.17, 15) is 4.79 Å². The van der Waals surface area contributed by atoms with Gasteiger partial charge in [0, 0.05) is 54.1 Å². The van der Waals surface area contributed by atoms with Gasteiger partial charge in [0.15, 0.2) is 5.82 Å². The lowest BCUT2D eigenvalue weighted by Gasteiger charge is -2.20. The molecule has 1 aliphatic rings. The fraction of sp³-hybridized carbons (Fsp3) is 0.292. The second-order valence-corrected chi connectivity index (χ2v) is 8.08. The molecule has 0 radical (unpaired) electrons. The molecule has 4 heterocycles. The molecule has 5 rings (SSSR count). The minimum Gasteiger partial charge on any atom is -0.340 e. The number of fused-ring (bicyclic) bond motifs is 1. The summed E-state index contributed by atoms with van der Waals surface area (Å²) in [5, 5.41) is 8.02. The standard InChI is InChI=1S/C24H25N7O/c1-17-14-21(31-24(26-17)28-22(29-31)19-9-7-11-25-16-19)27-20-10-6-8-18(15-20)23(32)30-12-4-2-3-5-13-30/h6-11,14-16,27H,2-5,12-13H2,1H3. The first-order chi connectivity index (χ1) is 15.7. The second-order valence-electron chi connectivity index (χ2n) is 8.08. The van der Waals surface area contributed by atoms with Crippen molar-refractivity contribution in [2.75, 3.05) is 18.4 Å². The number of rotatable bonds is 4. The molecule has 3 aromatic heterocycles. The lowest BCUT2D eigenvalue weighted by atomic mass is 10.1. The maximum absolute atomic E-state index is 13.0. The Bertz CT molecular complexity index is 1240. The molecule has 162 valence electrons. The van der Waals surface area contributed by atoms with Crippen molar-refractivity contribution in [3.05, 3.63) is 66.1 Å². The minimum atomic E-state index is 0.0891. The van der Waals surface area contributed by atoms with E-state index in [4.69, 9.17) is 0 Å². The zero-order valence-corrected chi connectivity index (χ0v) is 18.0. The summed E-state index contributed by atoms with van der Waals surface area (Å²) in [6, 6.07) is 13.3. The number of nitrogens with one attached hydrogen (secondary N) is 1. The predicted molar refractivity (Wildman–Crippen MR) is 123 cm³/mol. The number of aromatic nitrogens is 5. The van der Waals surface area contributed by atoms with Crippen molar-refractivity contribution in [1.82, 2.24) is 29.5 Å². The van der Waals surface area contributed by atoms with Crippen LogP contribution in [0.5, 0.6) is 0 Å². The highest BCUT2D eigenvalue weighted by Gasteiger charge is 2.18. The first kappa shape index (κ1) is 20.1. The third-order valence-electron chi connectivity index (χ3n) is 5.64. The molecule has 1 saturated heterocycles. The highest BCUT2D eigenvalue weighted by Crippen LogP contribution is 2.22. The van der Waals surface area contributed by atoms with Gasteiger partial charge in [0.1, 0.15) is 5.82 Å². The SMILES string of the molecule is Cc1cc(Nc2cccc(C(=O)N3CCCCCC3)c2)n2nc(-c3cccnc3)nc2n1. The van der Waals surface area contributed by atoms with Crippen molar-refractivity contribution in [1.29, 1.82) is 0 Å². The van der Waals surface area contributed by atoms with Gasteiger partial charge in [-0.1, -0.05) is 18.9 Å². The number of hydrogen-bond acceptors (Lipinski definition) is 6. The average molecular weight is 428 g/mol. The van der Waals surface area contributed by atoms with Crippen LogP contribution in [0.1, 0.15) is 41.7 Å². The predicted octanol–water partition coefficient (Wildman–Crippen LogP) is 4.25. The van der Waals surface area contributed by atoms with Crippen molar-refractivity contribution < 1.29 is 4.79 Å². The van der Waals surface area contributed by atoms with E-state index >= 15 is 0 Å². The number of nitrogens with zero attached hydrogens (tertiary/aromatic N) is 6. The molecule has 1 aliphatic heterocycles. The number of amides is 1. The molecule has 1 N–H and O–H groups in total. The molecule has 0 bridgehead atoms. The van der Waals surface area contributed by atoms with Crippen LogP contribution in [0, 0.1) is 6.92 Å². The van der Waals surface area contributed by atoms with Gasteiger partial charge in [0.25, 0.3) is 11.7 Å². The van der Waals surface area contributed by atoms with Gasteiger partial charge in [-0.05, 0) is 50.1 Å². The van der Waals surface area contributed by atoms with Crippen LogP contribution in [-0.4, -0.2) is 48.5 Å². The molecule has 1 fully saturated rings. The van der Waals surface area contributed by atoms with Crippen molar-refractivity contribution >= 4 is 23.2 Å². The Labute approximate surface area is 186 Å². The summed E-state index contributed by atoms with van der Waals surface area (Å²) in [5.74, 6) is 1.88. The fourth-order valence-electron chi connectivity index (χ4n) is 4.03. The second kappa shape index (κ2) is 8.74. The lowest BCUT2D eigenvalue weighted by Crippen LogP contribution is -2.31. The Morgan fingerprint density at radius 3 is 2.62 bits per heavy atom. The Kier molecular flexibility index (Phi) is 5.49. The van der Waals surface area contributed by atoms with E-state index in [1.54, 1.807) is 16.9 Å². The number of pyridine rings is 1. The zero-order chi connectivity index (χ0) is 21.9. The van der Waals surface area contributed by atoms with Crippen LogP contribution >= 0.6 is 0 Å². The van der Waals surface area contributed by atoms with E-state index in [2.05, 4.69) is 25.4 Å². The number of aryl methyl sites for hydroxylation is 1. The molecule has 4 aromatic rings. The summed E-state index contributed by atoms with van der Waals surface area (Å²) in [4.78, 5) is 28.2. The van der Waals surface area contributed by atoms with Crippen LogP contribution in [0.15, 0.2) is 54.9 Å². The zero-order valence-electron chi connectivity index (χ0n) is 18.0. The van der Waals surface area contributed by atoms with Crippen molar-refractivity contribution in [2.24, 2.45) is 0 Å². The third kappa shape index (κ3) is 4.16. The summed E-state index contributed by atoms with van der Waals surface area (Å²) in [7, 11) is 0. The Morgan fingerprint density at radius 2 is 1.84 bits per heavy atom. The van der Waals surface area contributed by atoms with Crippen LogP contribution < -0.4 is 5.32 Å². The number of benzene rings is 1. The summed E-state index contributed by atoms with van der Waals surface area (Å²) >= 11 is 0. The van der Waals surface area contributed by atoms with Gasteiger partial charge in [-0.3, -0.25) is 9.78 Å². The van der Waals surface area contributed by atoms with Crippen LogP contribution in [0.3, 0.4) is 0 Å². The molecule has 0 spiro atoms. The number of carbonyl (C=O) groups excluding carboxylic acids is 1. The lowest BCUT2D eigenvalue weighted by molar-refractivity contribution is 0.0761. The molecule has 8 nitrogen and oxygen atoms in total. The van der Waals surface area contributed by atoms with E-state index in [0.717, 1.165) is 48.7 Å². The van der Waals surface area contributed by atoms with Crippen molar-refractivity contribution in [3.8, 4) is 11.4 Å². The summed E-state index contributed by atoms with van der Waals surface area (Å²) in [5.41, 5.74) is 3.15. The maximum atomic E-state index is 13.0. The third-order valence-corrected chi connectivity index (χ3v) is 5.64. The summed E-state index contributed by atoms with van der Waals surface area (Å²) in [6.07, 6.45) is 7.98. The molecular formula is C24H25N7O. The number of anilines is 2. The summed E-state index contributed by atoms with van der Waals surface area (Å²) < 4.78 is 1.68. The van der Waals surface area contributed by atoms with Gasteiger partial charge in [0.05, 0.1) is 0 Å². The largest absolute Gasteiger partial charge is 0.340 e. The number of likely N-dealkylation sites (tertiary alicyclic amines) is 1. The van der Waals surface area contributed by atoms with Crippen molar-refractivity contribution in [2.45, 2.75) is 32.6 Å². The van der Waals surface area contributed by atoms with E-state index < -0.39 is 0 Å². The number of carbonyl (C=O) groups is 1. The molecular weight excluding hydrogens is 402 g/mol. The molecule has 32 heavy (non-hydrogen) atoms. The van der Waals surface area contributed by atoms with Crippen LogP contribution in [0.2, 0.25) is 0 Å². The smallest absolute Gasteiger partial charge is 0.254 e. The first-order valence-electron chi connectivity index (χ1n) is 11.0. The molecule has 0 aliphatic carbocycles. The molecule has 0 saturated carbocycles. The van der Waals surface area contributed by atoms with E-state index in [1.165, 1.54) is 12.8 Å². The quantitative estimate of drug-likeness (QED) is 0.524. The Balaban J connectivity index is 1.45. The Morgan fingerprint density at radius 1 is 1.00 bits per heavy atom. The van der Waals surface area contributed by atoms with Gasteiger partial charge >= 0.3 is 0 Å². The van der Waals surface area contributed by atoms with Crippen LogP contribution in [0.25, 0.3) is 17.2 Å². The monoisotopic (exact) mass is 427 g/mol. The normalized spacial score (nSPS) is 14.3.